The lowest BCUT2D eigenvalue weighted by molar-refractivity contribution is 0.289. The molecule has 0 aromatic heterocycles. The van der Waals surface area contributed by atoms with Crippen LogP contribution in [0.5, 0.6) is 5.75 Å². The molecule has 0 aliphatic rings. The van der Waals surface area contributed by atoms with Gasteiger partial charge in [0, 0.05) is 6.04 Å². The summed E-state index contributed by atoms with van der Waals surface area (Å²) in [4.78, 5) is 0. The molecule has 1 aromatic carbocycles. The lowest BCUT2D eigenvalue weighted by Gasteiger charge is -2.15. The molecule has 0 amide bonds. The van der Waals surface area contributed by atoms with E-state index in [1.807, 2.05) is 12.1 Å². The van der Waals surface area contributed by atoms with Crippen LogP contribution in [0.1, 0.15) is 45.7 Å². The van der Waals surface area contributed by atoms with E-state index >= 15 is 0 Å². The smallest absolute Gasteiger partial charge is 0.137 e. The molecular formula is C15H24ClNO. The second-order valence-electron chi connectivity index (χ2n) is 5.00. The maximum atomic E-state index is 6.24. The number of benzene rings is 1. The van der Waals surface area contributed by atoms with E-state index in [4.69, 9.17) is 16.3 Å². The van der Waals surface area contributed by atoms with Gasteiger partial charge in [0.2, 0.25) is 0 Å². The van der Waals surface area contributed by atoms with Crippen LogP contribution in [0.25, 0.3) is 0 Å². The van der Waals surface area contributed by atoms with Crippen molar-refractivity contribution in [3.63, 3.8) is 0 Å². The fourth-order valence-electron chi connectivity index (χ4n) is 1.73. The molecule has 18 heavy (non-hydrogen) atoms. The first-order valence-electron chi connectivity index (χ1n) is 6.70. The number of ether oxygens (including phenoxy) is 1. The molecule has 1 aromatic rings. The van der Waals surface area contributed by atoms with Crippen molar-refractivity contribution in [2.45, 2.75) is 40.2 Å². The Morgan fingerprint density at radius 3 is 2.56 bits per heavy atom. The van der Waals surface area contributed by atoms with Gasteiger partial charge in [-0.05, 0) is 43.5 Å². The molecule has 0 fully saturated rings. The van der Waals surface area contributed by atoms with E-state index in [1.165, 1.54) is 5.56 Å². The van der Waals surface area contributed by atoms with Gasteiger partial charge < -0.3 is 10.1 Å². The van der Waals surface area contributed by atoms with Crippen LogP contribution in [0.15, 0.2) is 18.2 Å². The van der Waals surface area contributed by atoms with Crippen LogP contribution in [0.2, 0.25) is 5.02 Å². The Kier molecular flexibility index (Phi) is 6.51. The molecule has 0 heterocycles. The summed E-state index contributed by atoms with van der Waals surface area (Å²) >= 11 is 6.24. The first kappa shape index (κ1) is 15.3. The summed E-state index contributed by atoms with van der Waals surface area (Å²) in [5, 5.41) is 4.06. The number of hydrogen-bond donors (Lipinski definition) is 1. The molecule has 0 aliphatic carbocycles. The highest BCUT2D eigenvalue weighted by atomic mass is 35.5. The molecule has 0 aliphatic heterocycles. The summed E-state index contributed by atoms with van der Waals surface area (Å²) in [7, 11) is 0. The Labute approximate surface area is 116 Å². The molecule has 0 bridgehead atoms. The second-order valence-corrected chi connectivity index (χ2v) is 5.41. The van der Waals surface area contributed by atoms with Crippen molar-refractivity contribution in [1.82, 2.24) is 5.32 Å². The first-order chi connectivity index (χ1) is 8.54. The highest BCUT2D eigenvalue weighted by Gasteiger charge is 2.08. The third kappa shape index (κ3) is 4.87. The summed E-state index contributed by atoms with van der Waals surface area (Å²) in [5.41, 5.74) is 1.19. The van der Waals surface area contributed by atoms with Gasteiger partial charge in [0.05, 0.1) is 11.6 Å². The minimum Gasteiger partial charge on any atom is -0.492 e. The monoisotopic (exact) mass is 269 g/mol. The Bertz CT molecular complexity index is 366. The van der Waals surface area contributed by atoms with Crippen LogP contribution in [-0.4, -0.2) is 13.2 Å². The van der Waals surface area contributed by atoms with Crippen molar-refractivity contribution in [1.29, 1.82) is 0 Å². The third-order valence-electron chi connectivity index (χ3n) is 2.92. The average molecular weight is 270 g/mol. The van der Waals surface area contributed by atoms with Gasteiger partial charge in [-0.1, -0.05) is 38.4 Å². The quantitative estimate of drug-likeness (QED) is 0.790. The zero-order valence-electron chi connectivity index (χ0n) is 11.8. The van der Waals surface area contributed by atoms with Crippen LogP contribution >= 0.6 is 11.6 Å². The van der Waals surface area contributed by atoms with Crippen molar-refractivity contribution in [3.8, 4) is 5.75 Å². The van der Waals surface area contributed by atoms with Crippen molar-refractivity contribution in [2.24, 2.45) is 5.92 Å². The van der Waals surface area contributed by atoms with Gasteiger partial charge in [-0.25, -0.2) is 0 Å². The molecule has 2 nitrogen and oxygen atoms in total. The maximum absolute atomic E-state index is 6.24. The van der Waals surface area contributed by atoms with Crippen LogP contribution in [0, 0.1) is 5.92 Å². The largest absolute Gasteiger partial charge is 0.492 e. The predicted octanol–water partition coefficient (Wildman–Crippen LogP) is 4.44. The second kappa shape index (κ2) is 7.65. The minimum atomic E-state index is 0.317. The van der Waals surface area contributed by atoms with E-state index in [-0.39, 0.29) is 0 Å². The lowest BCUT2D eigenvalue weighted by Crippen LogP contribution is -2.17. The number of hydrogen-bond acceptors (Lipinski definition) is 2. The highest BCUT2D eigenvalue weighted by molar-refractivity contribution is 6.32. The summed E-state index contributed by atoms with van der Waals surface area (Å²) < 4.78 is 5.69. The molecule has 0 saturated heterocycles. The molecule has 3 heteroatoms. The van der Waals surface area contributed by atoms with Crippen molar-refractivity contribution in [2.75, 3.05) is 13.2 Å². The molecule has 1 unspecified atom stereocenters. The highest BCUT2D eigenvalue weighted by Crippen LogP contribution is 2.28. The Morgan fingerprint density at radius 1 is 1.28 bits per heavy atom. The third-order valence-corrected chi connectivity index (χ3v) is 3.21. The van der Waals surface area contributed by atoms with Crippen molar-refractivity contribution in [3.05, 3.63) is 28.8 Å². The Balaban J connectivity index is 2.62. The van der Waals surface area contributed by atoms with E-state index < -0.39 is 0 Å². The lowest BCUT2D eigenvalue weighted by atomic mass is 10.1. The topological polar surface area (TPSA) is 21.3 Å². The fourth-order valence-corrected chi connectivity index (χ4v) is 1.98. The number of nitrogens with one attached hydrogen (secondary N) is 1. The molecule has 0 saturated carbocycles. The standard InChI is InChI=1S/C15H24ClNO/c1-5-17-12(4)13-6-7-15(14(16)10-13)18-9-8-11(2)3/h6-7,10-12,17H,5,8-9H2,1-4H3. The minimum absolute atomic E-state index is 0.317. The average Bonchev–Trinajstić information content (AvgIpc) is 2.31. The van der Waals surface area contributed by atoms with Crippen molar-refractivity contribution >= 4 is 11.6 Å². The van der Waals surface area contributed by atoms with Gasteiger partial charge in [-0.2, -0.15) is 0 Å². The molecular weight excluding hydrogens is 246 g/mol. The van der Waals surface area contributed by atoms with Gasteiger partial charge in [-0.3, -0.25) is 0 Å². The normalized spacial score (nSPS) is 12.8. The van der Waals surface area contributed by atoms with Crippen molar-refractivity contribution < 1.29 is 4.74 Å². The molecule has 1 rings (SSSR count). The van der Waals surface area contributed by atoms with E-state index in [1.54, 1.807) is 0 Å². The van der Waals surface area contributed by atoms with Gasteiger partial charge in [-0.15, -0.1) is 0 Å². The van der Waals surface area contributed by atoms with Crippen LogP contribution < -0.4 is 10.1 Å². The van der Waals surface area contributed by atoms with Gasteiger partial charge in [0.1, 0.15) is 5.75 Å². The zero-order valence-corrected chi connectivity index (χ0v) is 12.6. The fraction of sp³-hybridized carbons (Fsp3) is 0.600. The van der Waals surface area contributed by atoms with Crippen LogP contribution in [0.4, 0.5) is 0 Å². The van der Waals surface area contributed by atoms with Crippen LogP contribution in [0.3, 0.4) is 0 Å². The summed E-state index contributed by atoms with van der Waals surface area (Å²) in [6, 6.07) is 6.34. The van der Waals surface area contributed by atoms with E-state index in [0.29, 0.717) is 17.0 Å². The van der Waals surface area contributed by atoms with Crippen LogP contribution in [-0.2, 0) is 0 Å². The Hall–Kier alpha value is -0.730. The van der Waals surface area contributed by atoms with Gasteiger partial charge in [0.25, 0.3) is 0 Å². The first-order valence-corrected chi connectivity index (χ1v) is 7.08. The van der Waals surface area contributed by atoms with Gasteiger partial charge >= 0.3 is 0 Å². The van der Waals surface area contributed by atoms with E-state index in [9.17, 15) is 0 Å². The molecule has 1 atom stereocenters. The molecule has 0 radical (unpaired) electrons. The van der Waals surface area contributed by atoms with Gasteiger partial charge in [0.15, 0.2) is 0 Å². The molecule has 102 valence electrons. The number of halogens is 1. The predicted molar refractivity (Wildman–Crippen MR) is 78.5 cm³/mol. The maximum Gasteiger partial charge on any atom is 0.137 e. The molecule has 1 N–H and O–H groups in total. The summed E-state index contributed by atoms with van der Waals surface area (Å²) in [6.07, 6.45) is 1.05. The van der Waals surface area contributed by atoms with E-state index in [2.05, 4.69) is 39.1 Å². The zero-order chi connectivity index (χ0) is 13.5. The summed E-state index contributed by atoms with van der Waals surface area (Å²) in [5.74, 6) is 1.43. The number of rotatable bonds is 7. The summed E-state index contributed by atoms with van der Waals surface area (Å²) in [6.45, 7) is 10.3. The van der Waals surface area contributed by atoms with E-state index in [0.717, 1.165) is 25.3 Å². The Morgan fingerprint density at radius 2 is 2.00 bits per heavy atom. The SMILES string of the molecule is CCNC(C)c1ccc(OCCC(C)C)c(Cl)c1. The molecule has 0 spiro atoms.